The van der Waals surface area contributed by atoms with Gasteiger partial charge in [0.2, 0.25) is 0 Å². The third-order valence-corrected chi connectivity index (χ3v) is 3.08. The Bertz CT molecular complexity index is 328. The monoisotopic (exact) mass is 250 g/mol. The summed E-state index contributed by atoms with van der Waals surface area (Å²) < 4.78 is 5.36. The van der Waals surface area contributed by atoms with Crippen molar-refractivity contribution in [3.63, 3.8) is 0 Å². The summed E-state index contributed by atoms with van der Waals surface area (Å²) in [5.41, 5.74) is 1.15. The summed E-state index contributed by atoms with van der Waals surface area (Å²) in [7, 11) is 3.82. The van der Waals surface area contributed by atoms with Crippen molar-refractivity contribution in [1.82, 2.24) is 5.32 Å². The summed E-state index contributed by atoms with van der Waals surface area (Å²) in [5, 5.41) is 3.48. The van der Waals surface area contributed by atoms with Gasteiger partial charge >= 0.3 is 0 Å². The van der Waals surface area contributed by atoms with Crippen molar-refractivity contribution in [2.24, 2.45) is 0 Å². The number of benzene rings is 1. The van der Waals surface area contributed by atoms with Crippen LogP contribution in [0.15, 0.2) is 24.3 Å². The average molecular weight is 250 g/mol. The highest BCUT2D eigenvalue weighted by molar-refractivity contribution is 5.57. The maximum absolute atomic E-state index is 5.36. The van der Waals surface area contributed by atoms with E-state index in [1.165, 1.54) is 19.3 Å². The largest absolute Gasteiger partial charge is 0.495 e. The van der Waals surface area contributed by atoms with Crippen LogP contribution in [0.3, 0.4) is 0 Å². The van der Waals surface area contributed by atoms with Crippen molar-refractivity contribution in [2.45, 2.75) is 26.2 Å². The first-order chi connectivity index (χ1) is 8.79. The maximum Gasteiger partial charge on any atom is 0.142 e. The van der Waals surface area contributed by atoms with E-state index >= 15 is 0 Å². The number of ether oxygens (including phenoxy) is 1. The van der Waals surface area contributed by atoms with Gasteiger partial charge in [-0.2, -0.15) is 0 Å². The molecule has 0 heterocycles. The smallest absolute Gasteiger partial charge is 0.142 e. The lowest BCUT2D eigenvalue weighted by molar-refractivity contribution is 0.414. The molecule has 1 rings (SSSR count). The lowest BCUT2D eigenvalue weighted by Crippen LogP contribution is -2.29. The number of hydrogen-bond donors (Lipinski definition) is 1. The summed E-state index contributed by atoms with van der Waals surface area (Å²) in [6.07, 6.45) is 3.87. The van der Waals surface area contributed by atoms with Gasteiger partial charge in [-0.1, -0.05) is 31.9 Å². The number of rotatable bonds is 9. The molecule has 18 heavy (non-hydrogen) atoms. The van der Waals surface area contributed by atoms with Crippen LogP contribution < -0.4 is 15.0 Å². The predicted molar refractivity (Wildman–Crippen MR) is 78.7 cm³/mol. The van der Waals surface area contributed by atoms with Gasteiger partial charge in [0.05, 0.1) is 12.8 Å². The summed E-state index contributed by atoms with van der Waals surface area (Å²) in [6.45, 7) is 5.35. The molecule has 0 aliphatic carbocycles. The summed E-state index contributed by atoms with van der Waals surface area (Å²) >= 11 is 0. The van der Waals surface area contributed by atoms with Crippen LogP contribution in [0.25, 0.3) is 0 Å². The van der Waals surface area contributed by atoms with Crippen LogP contribution in [0.1, 0.15) is 26.2 Å². The Labute approximate surface area is 111 Å². The minimum absolute atomic E-state index is 0.936. The second-order valence-electron chi connectivity index (χ2n) is 4.55. The molecule has 1 N–H and O–H groups in total. The number of methoxy groups -OCH3 is 1. The minimum Gasteiger partial charge on any atom is -0.495 e. The highest BCUT2D eigenvalue weighted by Crippen LogP contribution is 2.25. The van der Waals surface area contributed by atoms with Crippen LogP contribution >= 0.6 is 0 Å². The normalized spacial score (nSPS) is 10.4. The van der Waals surface area contributed by atoms with Crippen molar-refractivity contribution in [3.05, 3.63) is 24.3 Å². The molecule has 0 unspecified atom stereocenters. The quantitative estimate of drug-likeness (QED) is 0.682. The minimum atomic E-state index is 0.936. The molecule has 0 amide bonds. The van der Waals surface area contributed by atoms with Crippen molar-refractivity contribution in [2.75, 3.05) is 38.7 Å². The molecule has 102 valence electrons. The Morgan fingerprint density at radius 3 is 2.67 bits per heavy atom. The van der Waals surface area contributed by atoms with Gasteiger partial charge in [0, 0.05) is 20.1 Å². The molecule has 0 fully saturated rings. The number of anilines is 1. The van der Waals surface area contributed by atoms with Crippen LogP contribution in [0.2, 0.25) is 0 Å². The van der Waals surface area contributed by atoms with Gasteiger partial charge < -0.3 is 15.0 Å². The Morgan fingerprint density at radius 2 is 1.94 bits per heavy atom. The van der Waals surface area contributed by atoms with E-state index in [-0.39, 0.29) is 0 Å². The Hall–Kier alpha value is -1.22. The number of para-hydroxylation sites is 2. The fourth-order valence-corrected chi connectivity index (χ4v) is 1.94. The molecule has 0 aliphatic heterocycles. The zero-order valence-corrected chi connectivity index (χ0v) is 11.9. The topological polar surface area (TPSA) is 24.5 Å². The van der Waals surface area contributed by atoms with E-state index < -0.39 is 0 Å². The molecule has 0 aliphatic rings. The first-order valence-corrected chi connectivity index (χ1v) is 6.84. The Balaban J connectivity index is 2.29. The molecule has 0 radical (unpaired) electrons. The van der Waals surface area contributed by atoms with E-state index in [1.54, 1.807) is 7.11 Å². The molecule has 0 saturated heterocycles. The zero-order valence-electron chi connectivity index (χ0n) is 11.9. The molecule has 1 aromatic carbocycles. The van der Waals surface area contributed by atoms with Crippen molar-refractivity contribution >= 4 is 5.69 Å². The van der Waals surface area contributed by atoms with Crippen molar-refractivity contribution in [3.8, 4) is 5.75 Å². The molecule has 3 nitrogen and oxygen atoms in total. The van der Waals surface area contributed by atoms with E-state index in [2.05, 4.69) is 30.3 Å². The lowest BCUT2D eigenvalue weighted by Gasteiger charge is -2.21. The van der Waals surface area contributed by atoms with Crippen LogP contribution in [-0.4, -0.2) is 33.8 Å². The van der Waals surface area contributed by atoms with Crippen LogP contribution in [0.4, 0.5) is 5.69 Å². The zero-order chi connectivity index (χ0) is 13.2. The summed E-state index contributed by atoms with van der Waals surface area (Å²) in [6, 6.07) is 8.14. The standard InChI is InChI=1S/C15H26N2O/c1-4-5-8-11-16-12-13-17(2)14-9-6-7-10-15(14)18-3/h6-7,9-10,16H,4-5,8,11-13H2,1-3H3. The molecule has 0 spiro atoms. The average Bonchev–Trinajstić information content (AvgIpc) is 2.42. The van der Waals surface area contributed by atoms with E-state index in [4.69, 9.17) is 4.74 Å². The van der Waals surface area contributed by atoms with E-state index in [1.807, 2.05) is 18.2 Å². The summed E-state index contributed by atoms with van der Waals surface area (Å²) in [5.74, 6) is 0.936. The number of hydrogen-bond acceptors (Lipinski definition) is 3. The maximum atomic E-state index is 5.36. The first kappa shape index (κ1) is 14.8. The van der Waals surface area contributed by atoms with E-state index in [9.17, 15) is 0 Å². The Kier molecular flexibility index (Phi) is 7.26. The number of unbranched alkanes of at least 4 members (excludes halogenated alkanes) is 2. The van der Waals surface area contributed by atoms with Gasteiger partial charge in [-0.15, -0.1) is 0 Å². The fraction of sp³-hybridized carbons (Fsp3) is 0.600. The van der Waals surface area contributed by atoms with Crippen LogP contribution in [-0.2, 0) is 0 Å². The van der Waals surface area contributed by atoms with Crippen LogP contribution in [0.5, 0.6) is 5.75 Å². The number of likely N-dealkylation sites (N-methyl/N-ethyl adjacent to an activating group) is 1. The second-order valence-corrected chi connectivity index (χ2v) is 4.55. The third kappa shape index (κ3) is 4.96. The highest BCUT2D eigenvalue weighted by Gasteiger charge is 2.05. The van der Waals surface area contributed by atoms with Crippen LogP contribution in [0, 0.1) is 0 Å². The Morgan fingerprint density at radius 1 is 1.17 bits per heavy atom. The molecule has 0 aromatic heterocycles. The second kappa shape index (κ2) is 8.81. The molecule has 0 bridgehead atoms. The van der Waals surface area contributed by atoms with Gasteiger partial charge in [0.1, 0.15) is 5.75 Å². The van der Waals surface area contributed by atoms with Gasteiger partial charge in [0.25, 0.3) is 0 Å². The van der Waals surface area contributed by atoms with E-state index in [0.717, 1.165) is 31.1 Å². The lowest BCUT2D eigenvalue weighted by atomic mass is 10.2. The molecule has 0 atom stereocenters. The van der Waals surface area contributed by atoms with Gasteiger partial charge in [-0.3, -0.25) is 0 Å². The molecule has 1 aromatic rings. The third-order valence-electron chi connectivity index (χ3n) is 3.08. The highest BCUT2D eigenvalue weighted by atomic mass is 16.5. The van der Waals surface area contributed by atoms with Gasteiger partial charge in [0.15, 0.2) is 0 Å². The number of nitrogens with zero attached hydrogens (tertiary/aromatic N) is 1. The molecular formula is C15H26N2O. The predicted octanol–water partition coefficient (Wildman–Crippen LogP) is 2.91. The first-order valence-electron chi connectivity index (χ1n) is 6.84. The SMILES string of the molecule is CCCCCNCCN(C)c1ccccc1OC. The molecule has 3 heteroatoms. The van der Waals surface area contributed by atoms with E-state index in [0.29, 0.717) is 0 Å². The van der Waals surface area contributed by atoms with Gasteiger partial charge in [-0.25, -0.2) is 0 Å². The molecular weight excluding hydrogens is 224 g/mol. The fourth-order valence-electron chi connectivity index (χ4n) is 1.94. The number of nitrogens with one attached hydrogen (secondary N) is 1. The van der Waals surface area contributed by atoms with Gasteiger partial charge in [-0.05, 0) is 25.1 Å². The molecule has 0 saturated carbocycles. The summed E-state index contributed by atoms with van der Waals surface area (Å²) in [4.78, 5) is 2.23. The van der Waals surface area contributed by atoms with Crippen molar-refractivity contribution in [1.29, 1.82) is 0 Å². The van der Waals surface area contributed by atoms with Crippen molar-refractivity contribution < 1.29 is 4.74 Å².